The first kappa shape index (κ1) is 11.0. The Morgan fingerprint density at radius 3 is 1.71 bits per heavy atom. The van der Waals surface area contributed by atoms with E-state index < -0.39 is 23.8 Å². The van der Waals surface area contributed by atoms with E-state index in [1.807, 2.05) is 13.8 Å². The van der Waals surface area contributed by atoms with E-state index in [2.05, 4.69) is 0 Å². The Morgan fingerprint density at radius 2 is 1.43 bits per heavy atom. The molecule has 0 aromatic rings. The number of aliphatic carboxylic acids is 2. The van der Waals surface area contributed by atoms with Crippen molar-refractivity contribution < 1.29 is 19.8 Å². The highest BCUT2D eigenvalue weighted by Gasteiger charge is 2.39. The molecule has 1 aliphatic carbocycles. The third-order valence-corrected chi connectivity index (χ3v) is 2.87. The molecular formula is C10H16O4. The molecule has 1 rings (SSSR count). The molecule has 0 aromatic carbocycles. The van der Waals surface area contributed by atoms with Crippen LogP contribution in [-0.2, 0) is 9.59 Å². The summed E-state index contributed by atoms with van der Waals surface area (Å²) in [6, 6.07) is 0. The maximum absolute atomic E-state index is 10.8. The zero-order valence-electron chi connectivity index (χ0n) is 8.49. The molecule has 0 radical (unpaired) electrons. The van der Waals surface area contributed by atoms with Gasteiger partial charge in [-0.2, -0.15) is 0 Å². The van der Waals surface area contributed by atoms with Crippen LogP contribution < -0.4 is 0 Å². The maximum atomic E-state index is 10.8. The van der Waals surface area contributed by atoms with E-state index in [4.69, 9.17) is 10.2 Å². The van der Waals surface area contributed by atoms with Crippen LogP contribution >= 0.6 is 0 Å². The van der Waals surface area contributed by atoms with E-state index in [-0.39, 0.29) is 11.8 Å². The summed E-state index contributed by atoms with van der Waals surface area (Å²) in [5, 5.41) is 17.8. The molecule has 4 heteroatoms. The van der Waals surface area contributed by atoms with Gasteiger partial charge in [-0.15, -0.1) is 0 Å². The van der Waals surface area contributed by atoms with Crippen molar-refractivity contribution in [2.75, 3.05) is 0 Å². The van der Waals surface area contributed by atoms with Crippen molar-refractivity contribution in [1.82, 2.24) is 0 Å². The summed E-state index contributed by atoms with van der Waals surface area (Å²) in [6.07, 6.45) is 1.42. The van der Waals surface area contributed by atoms with Gasteiger partial charge in [-0.1, -0.05) is 13.8 Å². The van der Waals surface area contributed by atoms with Crippen molar-refractivity contribution in [2.45, 2.75) is 33.1 Å². The molecule has 1 saturated carbocycles. The lowest BCUT2D eigenvalue weighted by atomic mass is 9.67. The van der Waals surface area contributed by atoms with Gasteiger partial charge in [0.15, 0.2) is 0 Å². The fourth-order valence-corrected chi connectivity index (χ4v) is 2.30. The Morgan fingerprint density at radius 1 is 1.07 bits per heavy atom. The Bertz CT molecular complexity index is 233. The minimum Gasteiger partial charge on any atom is -0.481 e. The zero-order chi connectivity index (χ0) is 10.9. The summed E-state index contributed by atoms with van der Waals surface area (Å²) in [4.78, 5) is 21.6. The van der Waals surface area contributed by atoms with Gasteiger partial charge in [-0.25, -0.2) is 0 Å². The second kappa shape index (κ2) is 3.59. The lowest BCUT2D eigenvalue weighted by Gasteiger charge is -2.36. The van der Waals surface area contributed by atoms with E-state index in [0.717, 1.165) is 0 Å². The van der Waals surface area contributed by atoms with Crippen LogP contribution in [0.3, 0.4) is 0 Å². The van der Waals surface area contributed by atoms with Gasteiger partial charge in [0.1, 0.15) is 0 Å². The predicted molar refractivity (Wildman–Crippen MR) is 49.9 cm³/mol. The summed E-state index contributed by atoms with van der Waals surface area (Å²) in [5.74, 6) is -2.74. The molecule has 0 spiro atoms. The number of carboxylic acid groups (broad SMARTS) is 2. The largest absolute Gasteiger partial charge is 0.481 e. The highest BCUT2D eigenvalue weighted by atomic mass is 16.4. The molecule has 1 fully saturated rings. The average Bonchev–Trinajstić information content (AvgIpc) is 2.01. The second-order valence-electron chi connectivity index (χ2n) is 4.88. The van der Waals surface area contributed by atoms with Crippen LogP contribution in [0.4, 0.5) is 0 Å². The van der Waals surface area contributed by atoms with Crippen molar-refractivity contribution in [3.05, 3.63) is 0 Å². The van der Waals surface area contributed by atoms with Crippen LogP contribution in [0.1, 0.15) is 33.1 Å². The van der Waals surface area contributed by atoms with Crippen molar-refractivity contribution >= 4 is 11.9 Å². The minimum absolute atomic E-state index is 0.176. The quantitative estimate of drug-likeness (QED) is 0.710. The molecule has 0 heterocycles. The zero-order valence-corrected chi connectivity index (χ0v) is 8.49. The molecule has 1 aliphatic rings. The number of carbonyl (C=O) groups is 2. The Balaban J connectivity index is 2.77. The van der Waals surface area contributed by atoms with Crippen LogP contribution in [0, 0.1) is 17.3 Å². The first-order valence-electron chi connectivity index (χ1n) is 4.77. The third-order valence-electron chi connectivity index (χ3n) is 2.87. The van der Waals surface area contributed by atoms with E-state index in [9.17, 15) is 9.59 Å². The highest BCUT2D eigenvalue weighted by Crippen LogP contribution is 2.41. The maximum Gasteiger partial charge on any atom is 0.306 e. The Kier molecular flexibility index (Phi) is 2.83. The molecule has 0 bridgehead atoms. The monoisotopic (exact) mass is 200 g/mol. The molecule has 2 N–H and O–H groups in total. The van der Waals surface area contributed by atoms with Crippen LogP contribution in [0.15, 0.2) is 0 Å². The first-order valence-corrected chi connectivity index (χ1v) is 4.77. The van der Waals surface area contributed by atoms with Gasteiger partial charge in [-0.05, 0) is 24.7 Å². The van der Waals surface area contributed by atoms with E-state index in [1.165, 1.54) is 0 Å². The van der Waals surface area contributed by atoms with Gasteiger partial charge in [0, 0.05) is 0 Å². The molecule has 0 saturated heterocycles. The lowest BCUT2D eigenvalue weighted by Crippen LogP contribution is -2.35. The SMILES string of the molecule is CC1(C)CC(C(=O)O)CC(C(=O)O)C1. The molecule has 0 amide bonds. The van der Waals surface area contributed by atoms with Crippen LogP contribution in [0.25, 0.3) is 0 Å². The Labute approximate surface area is 82.9 Å². The molecule has 0 aromatic heterocycles. The van der Waals surface area contributed by atoms with Crippen molar-refractivity contribution in [3.8, 4) is 0 Å². The Hall–Kier alpha value is -1.06. The van der Waals surface area contributed by atoms with Gasteiger partial charge in [0.2, 0.25) is 0 Å². The number of hydrogen-bond acceptors (Lipinski definition) is 2. The van der Waals surface area contributed by atoms with Gasteiger partial charge in [0.25, 0.3) is 0 Å². The standard InChI is InChI=1S/C10H16O4/c1-10(2)4-6(8(11)12)3-7(5-10)9(13)14/h6-7H,3-5H2,1-2H3,(H,11,12)(H,13,14). The summed E-state index contributed by atoms with van der Waals surface area (Å²) in [5.41, 5.74) is -0.176. The van der Waals surface area contributed by atoms with Gasteiger partial charge in [0.05, 0.1) is 11.8 Å². The smallest absolute Gasteiger partial charge is 0.306 e. The van der Waals surface area contributed by atoms with Crippen LogP contribution in [-0.4, -0.2) is 22.2 Å². The lowest BCUT2D eigenvalue weighted by molar-refractivity contribution is -0.150. The summed E-state index contributed by atoms with van der Waals surface area (Å²) < 4.78 is 0. The van der Waals surface area contributed by atoms with E-state index in [1.54, 1.807) is 0 Å². The minimum atomic E-state index is -0.871. The fraction of sp³-hybridized carbons (Fsp3) is 0.800. The summed E-state index contributed by atoms with van der Waals surface area (Å²) in [6.45, 7) is 3.86. The molecule has 2 atom stereocenters. The molecule has 14 heavy (non-hydrogen) atoms. The summed E-state index contributed by atoms with van der Waals surface area (Å²) in [7, 11) is 0. The van der Waals surface area contributed by atoms with E-state index >= 15 is 0 Å². The van der Waals surface area contributed by atoms with Crippen molar-refractivity contribution in [3.63, 3.8) is 0 Å². The fourth-order valence-electron chi connectivity index (χ4n) is 2.30. The molecule has 2 unspecified atom stereocenters. The van der Waals surface area contributed by atoms with Gasteiger partial charge < -0.3 is 10.2 Å². The van der Waals surface area contributed by atoms with Gasteiger partial charge >= 0.3 is 11.9 Å². The molecule has 0 aliphatic heterocycles. The van der Waals surface area contributed by atoms with Crippen molar-refractivity contribution in [1.29, 1.82) is 0 Å². The van der Waals surface area contributed by atoms with E-state index in [0.29, 0.717) is 12.8 Å². The number of rotatable bonds is 2. The molecular weight excluding hydrogens is 184 g/mol. The predicted octanol–water partition coefficient (Wildman–Crippen LogP) is 1.60. The topological polar surface area (TPSA) is 74.6 Å². The third kappa shape index (κ3) is 2.47. The van der Waals surface area contributed by atoms with Gasteiger partial charge in [-0.3, -0.25) is 9.59 Å². The summed E-state index contributed by atoms with van der Waals surface area (Å²) >= 11 is 0. The van der Waals surface area contributed by atoms with Crippen LogP contribution in [0.2, 0.25) is 0 Å². The highest BCUT2D eigenvalue weighted by molar-refractivity contribution is 5.74. The molecule has 4 nitrogen and oxygen atoms in total. The van der Waals surface area contributed by atoms with Crippen LogP contribution in [0.5, 0.6) is 0 Å². The van der Waals surface area contributed by atoms with Crippen molar-refractivity contribution in [2.24, 2.45) is 17.3 Å². The first-order chi connectivity index (χ1) is 6.32. The average molecular weight is 200 g/mol. The normalized spacial score (nSPS) is 31.0. The second-order valence-corrected chi connectivity index (χ2v) is 4.88. The number of hydrogen-bond donors (Lipinski definition) is 2. The number of carboxylic acids is 2. The molecule has 80 valence electrons.